The van der Waals surface area contributed by atoms with Gasteiger partial charge in [0.25, 0.3) is 0 Å². The number of likely N-dealkylation sites (N-methyl/N-ethyl adjacent to an activating group) is 1. The first-order chi connectivity index (χ1) is 12.8. The van der Waals surface area contributed by atoms with Gasteiger partial charge in [-0.25, -0.2) is 9.18 Å². The number of hydrogen-bond donors (Lipinski definition) is 2. The van der Waals surface area contributed by atoms with E-state index in [4.69, 9.17) is 4.74 Å². The Morgan fingerprint density at radius 1 is 1.00 bits per heavy atom. The normalized spacial score (nSPS) is 10.4. The number of halogens is 1. The Bertz CT molecular complexity index is 761. The van der Waals surface area contributed by atoms with E-state index >= 15 is 0 Å². The number of anilines is 2. The maximum atomic E-state index is 12.8. The Kier molecular flexibility index (Phi) is 7.16. The largest absolute Gasteiger partial charge is 0.492 e. The van der Waals surface area contributed by atoms with Crippen LogP contribution in [0.2, 0.25) is 0 Å². The van der Waals surface area contributed by atoms with Crippen LogP contribution in [-0.4, -0.2) is 37.0 Å². The molecule has 144 valence electrons. The first-order valence-electron chi connectivity index (χ1n) is 8.66. The summed E-state index contributed by atoms with van der Waals surface area (Å²) in [6.45, 7) is 4.29. The van der Waals surface area contributed by atoms with Gasteiger partial charge in [0.1, 0.15) is 18.2 Å². The summed E-state index contributed by atoms with van der Waals surface area (Å²) in [5.74, 6) is 0.0562. The molecular weight excluding hydrogens is 349 g/mol. The molecule has 0 fully saturated rings. The number of rotatable bonds is 7. The van der Waals surface area contributed by atoms with E-state index in [1.807, 2.05) is 13.8 Å². The fraction of sp³-hybridized carbons (Fsp3) is 0.300. The smallest absolute Gasteiger partial charge is 0.321 e. The van der Waals surface area contributed by atoms with Crippen LogP contribution in [-0.2, 0) is 4.79 Å². The highest BCUT2D eigenvalue weighted by Crippen LogP contribution is 2.15. The summed E-state index contributed by atoms with van der Waals surface area (Å²) in [4.78, 5) is 25.3. The molecule has 2 aromatic rings. The van der Waals surface area contributed by atoms with Crippen molar-refractivity contribution < 1.29 is 18.7 Å². The van der Waals surface area contributed by atoms with Gasteiger partial charge < -0.3 is 20.3 Å². The Morgan fingerprint density at radius 3 is 2.11 bits per heavy atom. The SMILES string of the molecule is CC(C)C(=O)Nc1ccc(NC(=O)N(C)CCOc2ccc(F)cc2)cc1. The van der Waals surface area contributed by atoms with E-state index in [1.165, 1.54) is 29.2 Å². The van der Waals surface area contributed by atoms with Crippen molar-refractivity contribution in [1.82, 2.24) is 4.90 Å². The lowest BCUT2D eigenvalue weighted by atomic mass is 10.2. The molecule has 0 heterocycles. The third-order valence-corrected chi connectivity index (χ3v) is 3.78. The molecule has 0 saturated carbocycles. The highest BCUT2D eigenvalue weighted by molar-refractivity contribution is 5.93. The molecular formula is C20H24FN3O3. The Morgan fingerprint density at radius 2 is 1.56 bits per heavy atom. The molecule has 0 aliphatic heterocycles. The molecule has 0 atom stereocenters. The van der Waals surface area contributed by atoms with Crippen molar-refractivity contribution in [2.75, 3.05) is 30.8 Å². The zero-order valence-corrected chi connectivity index (χ0v) is 15.7. The van der Waals surface area contributed by atoms with Gasteiger partial charge in [0.15, 0.2) is 0 Å². The molecule has 0 aliphatic carbocycles. The summed E-state index contributed by atoms with van der Waals surface area (Å²) >= 11 is 0. The third-order valence-electron chi connectivity index (χ3n) is 3.78. The van der Waals surface area contributed by atoms with Crippen LogP contribution in [0.1, 0.15) is 13.8 Å². The fourth-order valence-electron chi connectivity index (χ4n) is 2.08. The van der Waals surface area contributed by atoms with Gasteiger partial charge in [0.05, 0.1) is 6.54 Å². The van der Waals surface area contributed by atoms with Crippen LogP contribution in [0.4, 0.5) is 20.6 Å². The van der Waals surface area contributed by atoms with E-state index in [0.717, 1.165) is 0 Å². The van der Waals surface area contributed by atoms with Crippen LogP contribution in [0.15, 0.2) is 48.5 Å². The van der Waals surface area contributed by atoms with E-state index in [2.05, 4.69) is 10.6 Å². The van der Waals surface area contributed by atoms with Crippen LogP contribution < -0.4 is 15.4 Å². The van der Waals surface area contributed by atoms with Crippen molar-refractivity contribution in [3.8, 4) is 5.75 Å². The van der Waals surface area contributed by atoms with E-state index in [1.54, 1.807) is 31.3 Å². The predicted molar refractivity (Wildman–Crippen MR) is 103 cm³/mol. The minimum atomic E-state index is -0.325. The highest BCUT2D eigenvalue weighted by Gasteiger charge is 2.10. The molecule has 0 bridgehead atoms. The molecule has 0 aliphatic rings. The molecule has 0 aromatic heterocycles. The van der Waals surface area contributed by atoms with Crippen molar-refractivity contribution in [1.29, 1.82) is 0 Å². The van der Waals surface area contributed by atoms with Gasteiger partial charge >= 0.3 is 6.03 Å². The first kappa shape index (κ1) is 20.2. The maximum Gasteiger partial charge on any atom is 0.321 e. The van der Waals surface area contributed by atoms with Gasteiger partial charge in [0.2, 0.25) is 5.91 Å². The topological polar surface area (TPSA) is 70.7 Å². The van der Waals surface area contributed by atoms with Crippen molar-refractivity contribution in [2.24, 2.45) is 5.92 Å². The van der Waals surface area contributed by atoms with E-state index in [9.17, 15) is 14.0 Å². The molecule has 27 heavy (non-hydrogen) atoms. The molecule has 0 saturated heterocycles. The van der Waals surface area contributed by atoms with Gasteiger partial charge in [-0.1, -0.05) is 13.8 Å². The lowest BCUT2D eigenvalue weighted by Gasteiger charge is -2.18. The van der Waals surface area contributed by atoms with Crippen molar-refractivity contribution >= 4 is 23.3 Å². The molecule has 0 unspecified atom stereocenters. The van der Waals surface area contributed by atoms with E-state index in [0.29, 0.717) is 23.7 Å². The molecule has 2 N–H and O–H groups in total. The van der Waals surface area contributed by atoms with Gasteiger partial charge in [-0.2, -0.15) is 0 Å². The summed E-state index contributed by atoms with van der Waals surface area (Å²) in [6.07, 6.45) is 0. The second kappa shape index (κ2) is 9.56. The highest BCUT2D eigenvalue weighted by atomic mass is 19.1. The number of carbonyl (C=O) groups excluding carboxylic acids is 2. The lowest BCUT2D eigenvalue weighted by Crippen LogP contribution is -2.34. The molecule has 2 aromatic carbocycles. The summed E-state index contributed by atoms with van der Waals surface area (Å²) in [7, 11) is 1.65. The average molecular weight is 373 g/mol. The summed E-state index contributed by atoms with van der Waals surface area (Å²) in [6, 6.07) is 12.3. The van der Waals surface area contributed by atoms with Crippen LogP contribution in [0.25, 0.3) is 0 Å². The number of hydrogen-bond acceptors (Lipinski definition) is 3. The zero-order chi connectivity index (χ0) is 19.8. The number of nitrogens with one attached hydrogen (secondary N) is 2. The van der Waals surface area contributed by atoms with Crippen LogP contribution in [0.3, 0.4) is 0 Å². The summed E-state index contributed by atoms with van der Waals surface area (Å²) in [5, 5.41) is 5.56. The van der Waals surface area contributed by atoms with E-state index in [-0.39, 0.29) is 30.3 Å². The van der Waals surface area contributed by atoms with Crippen LogP contribution in [0, 0.1) is 11.7 Å². The minimum absolute atomic E-state index is 0.0623. The van der Waals surface area contributed by atoms with Crippen molar-refractivity contribution in [3.05, 3.63) is 54.3 Å². The molecule has 0 radical (unpaired) electrons. The zero-order valence-electron chi connectivity index (χ0n) is 15.7. The quantitative estimate of drug-likeness (QED) is 0.772. The summed E-state index contributed by atoms with van der Waals surface area (Å²) < 4.78 is 18.3. The van der Waals surface area contributed by atoms with Gasteiger partial charge in [-0.15, -0.1) is 0 Å². The van der Waals surface area contributed by atoms with Crippen LogP contribution >= 0.6 is 0 Å². The molecule has 7 heteroatoms. The molecule has 6 nitrogen and oxygen atoms in total. The maximum absolute atomic E-state index is 12.8. The van der Waals surface area contributed by atoms with Gasteiger partial charge in [-0.3, -0.25) is 4.79 Å². The number of amides is 3. The Labute approximate surface area is 158 Å². The van der Waals surface area contributed by atoms with Crippen molar-refractivity contribution in [3.63, 3.8) is 0 Å². The summed E-state index contributed by atoms with van der Waals surface area (Å²) in [5.41, 5.74) is 1.29. The molecule has 0 spiro atoms. The van der Waals surface area contributed by atoms with Gasteiger partial charge in [-0.05, 0) is 48.5 Å². The number of nitrogens with zero attached hydrogens (tertiary/aromatic N) is 1. The monoisotopic (exact) mass is 373 g/mol. The number of carbonyl (C=O) groups is 2. The van der Waals surface area contributed by atoms with Crippen molar-refractivity contribution in [2.45, 2.75) is 13.8 Å². The lowest BCUT2D eigenvalue weighted by molar-refractivity contribution is -0.118. The Balaban J connectivity index is 1.78. The second-order valence-corrected chi connectivity index (χ2v) is 6.38. The van der Waals surface area contributed by atoms with Gasteiger partial charge in [0, 0.05) is 24.3 Å². The van der Waals surface area contributed by atoms with Crippen LogP contribution in [0.5, 0.6) is 5.75 Å². The third kappa shape index (κ3) is 6.62. The molecule has 3 amide bonds. The standard InChI is InChI=1S/C20H24FN3O3/c1-14(2)19(25)22-16-6-8-17(9-7-16)23-20(26)24(3)12-13-27-18-10-4-15(21)5-11-18/h4-11,14H,12-13H2,1-3H3,(H,22,25)(H,23,26). The Hall–Kier alpha value is -3.09. The molecule has 2 rings (SSSR count). The first-order valence-corrected chi connectivity index (χ1v) is 8.66. The minimum Gasteiger partial charge on any atom is -0.492 e. The number of ether oxygens (including phenoxy) is 1. The average Bonchev–Trinajstić information content (AvgIpc) is 2.64. The van der Waals surface area contributed by atoms with E-state index < -0.39 is 0 Å². The predicted octanol–water partition coefficient (Wildman–Crippen LogP) is 3.96. The second-order valence-electron chi connectivity index (χ2n) is 6.38. The fourth-order valence-corrected chi connectivity index (χ4v) is 2.08. The number of urea groups is 1. The number of benzene rings is 2.